The van der Waals surface area contributed by atoms with Crippen LogP contribution in [0.5, 0.6) is 11.5 Å². The summed E-state index contributed by atoms with van der Waals surface area (Å²) >= 11 is 0. The fourth-order valence-electron chi connectivity index (χ4n) is 6.38. The lowest BCUT2D eigenvalue weighted by molar-refractivity contribution is -0.183. The van der Waals surface area contributed by atoms with Gasteiger partial charge in [-0.05, 0) is 82.3 Å². The Hall–Kier alpha value is -4.04. The van der Waals surface area contributed by atoms with Crippen molar-refractivity contribution in [2.45, 2.75) is 45.7 Å². The number of rotatable bonds is 6. The smallest absolute Gasteiger partial charge is 0.239 e. The van der Waals surface area contributed by atoms with Gasteiger partial charge in [0, 0.05) is 22.6 Å². The van der Waals surface area contributed by atoms with E-state index in [9.17, 15) is 9.59 Å². The van der Waals surface area contributed by atoms with Gasteiger partial charge in [-0.15, -0.1) is 0 Å². The van der Waals surface area contributed by atoms with Gasteiger partial charge in [-0.2, -0.15) is 0 Å². The van der Waals surface area contributed by atoms with Gasteiger partial charge in [-0.25, -0.2) is 0 Å². The molecular weight excluding hydrogens is 494 g/mol. The molecule has 0 radical (unpaired) electrons. The van der Waals surface area contributed by atoms with Gasteiger partial charge >= 0.3 is 0 Å². The molecular formula is C31H33N3O5. The van der Waals surface area contributed by atoms with Crippen LogP contribution >= 0.6 is 0 Å². The molecule has 0 saturated carbocycles. The second-order valence-corrected chi connectivity index (χ2v) is 11.4. The topological polar surface area (TPSA) is 80.3 Å². The van der Waals surface area contributed by atoms with Crippen molar-refractivity contribution in [1.82, 2.24) is 0 Å². The van der Waals surface area contributed by atoms with Crippen LogP contribution in [-0.2, 0) is 19.9 Å². The molecule has 0 aliphatic carbocycles. The number of ether oxygens (including phenoxy) is 3. The van der Waals surface area contributed by atoms with Gasteiger partial charge in [-0.1, -0.05) is 18.2 Å². The van der Waals surface area contributed by atoms with Crippen LogP contribution in [0, 0.1) is 10.8 Å². The van der Waals surface area contributed by atoms with E-state index < -0.39 is 28.8 Å². The van der Waals surface area contributed by atoms with E-state index in [-0.39, 0.29) is 11.8 Å². The van der Waals surface area contributed by atoms with E-state index in [0.29, 0.717) is 11.5 Å². The summed E-state index contributed by atoms with van der Waals surface area (Å²) in [5.41, 5.74) is 0.959. The van der Waals surface area contributed by atoms with Crippen LogP contribution in [-0.4, -0.2) is 38.5 Å². The number of anilines is 3. The molecule has 3 aromatic carbocycles. The fourth-order valence-corrected chi connectivity index (χ4v) is 6.38. The fraction of sp³-hybridized carbons (Fsp3) is 0.355. The van der Waals surface area contributed by atoms with Crippen LogP contribution in [0.15, 0.2) is 72.8 Å². The van der Waals surface area contributed by atoms with Gasteiger partial charge in [0.2, 0.25) is 11.8 Å². The summed E-state index contributed by atoms with van der Waals surface area (Å²) in [7, 11) is 3.23. The summed E-state index contributed by atoms with van der Waals surface area (Å²) in [6.45, 7) is 7.72. The lowest BCUT2D eigenvalue weighted by Gasteiger charge is -2.64. The molecule has 1 spiro atoms. The molecule has 2 saturated heterocycles. The standard InChI is InChI=1S/C31H33N3O5/c1-29(2)26(35)33(19-11-15-21(37-5)16-12-19)28(29)39-25-31(23-9-7-8-10-24(23)32-25)30(3,4)27(36)34(31)20-13-17-22(38-6)18-14-20/h7-18,25,28,32H,1-6H3/t25-,28-,31?/m0/s1. The van der Waals surface area contributed by atoms with Crippen molar-refractivity contribution in [3.05, 3.63) is 78.4 Å². The number of amides is 2. The van der Waals surface area contributed by atoms with E-state index in [4.69, 9.17) is 14.2 Å². The zero-order valence-electron chi connectivity index (χ0n) is 23.0. The van der Waals surface area contributed by atoms with Crippen LogP contribution in [0.4, 0.5) is 17.1 Å². The maximum Gasteiger partial charge on any atom is 0.239 e. The monoisotopic (exact) mass is 527 g/mol. The molecule has 3 aromatic rings. The second-order valence-electron chi connectivity index (χ2n) is 11.4. The number of nitrogens with zero attached hydrogens (tertiary/aromatic N) is 2. The number of fused-ring (bicyclic) bond motifs is 2. The lowest BCUT2D eigenvalue weighted by atomic mass is 9.58. The van der Waals surface area contributed by atoms with Crippen molar-refractivity contribution >= 4 is 28.9 Å². The van der Waals surface area contributed by atoms with E-state index >= 15 is 0 Å². The zero-order chi connectivity index (χ0) is 27.7. The Bertz CT molecular complexity index is 1450. The highest BCUT2D eigenvalue weighted by molar-refractivity contribution is 6.09. The molecule has 3 heterocycles. The average molecular weight is 528 g/mol. The van der Waals surface area contributed by atoms with Crippen LogP contribution in [0.3, 0.4) is 0 Å². The minimum Gasteiger partial charge on any atom is -0.497 e. The highest BCUT2D eigenvalue weighted by Gasteiger charge is 2.75. The molecule has 8 nitrogen and oxygen atoms in total. The number of benzene rings is 3. The Labute approximate surface area is 228 Å². The van der Waals surface area contributed by atoms with Crippen molar-refractivity contribution in [1.29, 1.82) is 0 Å². The van der Waals surface area contributed by atoms with Crippen LogP contribution in [0.25, 0.3) is 0 Å². The Morgan fingerprint density at radius 3 is 1.90 bits per heavy atom. The third kappa shape index (κ3) is 3.21. The van der Waals surface area contributed by atoms with Crippen molar-refractivity contribution in [2.75, 3.05) is 29.3 Å². The summed E-state index contributed by atoms with van der Waals surface area (Å²) in [5.74, 6) is 1.39. The van der Waals surface area contributed by atoms with Gasteiger partial charge in [-0.3, -0.25) is 19.4 Å². The molecule has 0 aromatic heterocycles. The Balaban J connectivity index is 1.44. The summed E-state index contributed by atoms with van der Waals surface area (Å²) < 4.78 is 17.6. The van der Waals surface area contributed by atoms with E-state index in [1.54, 1.807) is 19.1 Å². The Kier molecular flexibility index (Phi) is 5.49. The van der Waals surface area contributed by atoms with E-state index in [1.807, 2.05) is 99.3 Å². The first-order valence-corrected chi connectivity index (χ1v) is 13.1. The number of nitrogens with one attached hydrogen (secondary N) is 1. The highest BCUT2D eigenvalue weighted by atomic mass is 16.5. The van der Waals surface area contributed by atoms with E-state index in [2.05, 4.69) is 11.4 Å². The minimum absolute atomic E-state index is 0.00396. The van der Waals surface area contributed by atoms with Gasteiger partial charge in [0.25, 0.3) is 0 Å². The molecule has 39 heavy (non-hydrogen) atoms. The summed E-state index contributed by atoms with van der Waals surface area (Å²) in [5, 5.41) is 3.57. The van der Waals surface area contributed by atoms with Crippen molar-refractivity contribution < 1.29 is 23.8 Å². The third-order valence-electron chi connectivity index (χ3n) is 8.62. The van der Waals surface area contributed by atoms with Gasteiger partial charge in [0.1, 0.15) is 17.0 Å². The van der Waals surface area contributed by atoms with Crippen LogP contribution in [0.2, 0.25) is 0 Å². The molecule has 0 bridgehead atoms. The number of methoxy groups -OCH3 is 2. The molecule has 3 aliphatic heterocycles. The first kappa shape index (κ1) is 25.2. The molecule has 3 atom stereocenters. The molecule has 202 valence electrons. The largest absolute Gasteiger partial charge is 0.497 e. The lowest BCUT2D eigenvalue weighted by Crippen LogP contribution is -2.79. The maximum atomic E-state index is 13.8. The number of carbonyl (C=O) groups is 2. The zero-order valence-corrected chi connectivity index (χ0v) is 23.0. The number of para-hydroxylation sites is 1. The first-order valence-electron chi connectivity index (χ1n) is 13.1. The molecule has 8 heteroatoms. The Morgan fingerprint density at radius 2 is 1.31 bits per heavy atom. The second kappa shape index (κ2) is 8.48. The number of carbonyl (C=O) groups excluding carboxylic acids is 2. The highest BCUT2D eigenvalue weighted by Crippen LogP contribution is 2.64. The molecule has 2 amide bonds. The molecule has 6 rings (SSSR count). The molecule has 1 N–H and O–H groups in total. The first-order chi connectivity index (χ1) is 18.6. The average Bonchev–Trinajstić information content (AvgIpc) is 3.30. The molecule has 2 fully saturated rings. The number of hydrogen-bond donors (Lipinski definition) is 1. The van der Waals surface area contributed by atoms with Crippen molar-refractivity contribution in [2.24, 2.45) is 10.8 Å². The quantitative estimate of drug-likeness (QED) is 0.447. The Morgan fingerprint density at radius 1 is 0.744 bits per heavy atom. The molecule has 3 aliphatic rings. The summed E-state index contributed by atoms with van der Waals surface area (Å²) in [4.78, 5) is 30.6. The van der Waals surface area contributed by atoms with Crippen LogP contribution < -0.4 is 24.6 Å². The predicted octanol–water partition coefficient (Wildman–Crippen LogP) is 5.14. The van der Waals surface area contributed by atoms with Crippen molar-refractivity contribution in [3.8, 4) is 11.5 Å². The minimum atomic E-state index is -0.852. The number of hydrogen-bond acceptors (Lipinski definition) is 6. The van der Waals surface area contributed by atoms with E-state index in [0.717, 1.165) is 22.6 Å². The number of β-lactam (4-membered cyclic amide) rings is 2. The predicted molar refractivity (Wildman–Crippen MR) is 149 cm³/mol. The maximum absolute atomic E-state index is 13.8. The van der Waals surface area contributed by atoms with Gasteiger partial charge in [0.05, 0.1) is 25.0 Å². The van der Waals surface area contributed by atoms with E-state index in [1.165, 1.54) is 0 Å². The SMILES string of the molecule is COc1ccc(N2C(=O)C(C)(C)[C@@H]2O[C@@H]2Nc3ccccc3C23N(c2ccc(OC)cc2)C(=O)C3(C)C)cc1. The normalized spacial score (nSPS) is 26.0. The van der Waals surface area contributed by atoms with Crippen molar-refractivity contribution in [3.63, 3.8) is 0 Å². The summed E-state index contributed by atoms with van der Waals surface area (Å²) in [6, 6.07) is 22.9. The summed E-state index contributed by atoms with van der Waals surface area (Å²) in [6.07, 6.45) is -1.19. The van der Waals surface area contributed by atoms with Crippen LogP contribution in [0.1, 0.15) is 33.3 Å². The third-order valence-corrected chi connectivity index (χ3v) is 8.62. The van der Waals surface area contributed by atoms with Gasteiger partial charge < -0.3 is 19.5 Å². The van der Waals surface area contributed by atoms with Gasteiger partial charge in [0.15, 0.2) is 12.5 Å². The molecule has 1 unspecified atom stereocenters.